The Morgan fingerprint density at radius 2 is 2.00 bits per heavy atom. The Hall–Kier alpha value is -1.60. The third kappa shape index (κ3) is 2.72. The van der Waals surface area contributed by atoms with Gasteiger partial charge >= 0.3 is 0 Å². The van der Waals surface area contributed by atoms with Gasteiger partial charge in [0.05, 0.1) is 16.3 Å². The van der Waals surface area contributed by atoms with Crippen molar-refractivity contribution in [3.05, 3.63) is 18.2 Å². The van der Waals surface area contributed by atoms with Gasteiger partial charge < -0.3 is 10.2 Å². The van der Waals surface area contributed by atoms with Crippen LogP contribution in [0.2, 0.25) is 0 Å². The third-order valence-electron chi connectivity index (χ3n) is 4.68. The Balaban J connectivity index is 2.00. The van der Waals surface area contributed by atoms with Crippen LogP contribution in [0.4, 0.5) is 11.4 Å². The van der Waals surface area contributed by atoms with Gasteiger partial charge in [0.25, 0.3) is 0 Å². The lowest BCUT2D eigenvalue weighted by molar-refractivity contribution is -0.118. The van der Waals surface area contributed by atoms with Crippen molar-refractivity contribution in [3.8, 4) is 0 Å². The lowest BCUT2D eigenvalue weighted by Crippen LogP contribution is -2.50. The molecule has 2 aliphatic rings. The van der Waals surface area contributed by atoms with E-state index in [9.17, 15) is 13.2 Å². The molecule has 0 spiro atoms. The van der Waals surface area contributed by atoms with Gasteiger partial charge in [-0.2, -0.15) is 4.31 Å². The Morgan fingerprint density at radius 3 is 2.70 bits per heavy atom. The number of piperidine rings is 1. The Kier molecular flexibility index (Phi) is 4.33. The summed E-state index contributed by atoms with van der Waals surface area (Å²) in [5, 5.41) is 2.88. The number of nitrogens with one attached hydrogen (secondary N) is 1. The highest BCUT2D eigenvalue weighted by Gasteiger charge is 2.35. The molecule has 3 rings (SSSR count). The van der Waals surface area contributed by atoms with Gasteiger partial charge in [0.15, 0.2) is 0 Å². The van der Waals surface area contributed by atoms with Crippen molar-refractivity contribution in [2.75, 3.05) is 29.9 Å². The van der Waals surface area contributed by atoms with Gasteiger partial charge in [-0.15, -0.1) is 0 Å². The fourth-order valence-electron chi connectivity index (χ4n) is 3.45. The van der Waals surface area contributed by atoms with Crippen molar-refractivity contribution in [1.82, 2.24) is 4.31 Å². The number of amides is 1. The molecule has 0 bridgehead atoms. The first kappa shape index (κ1) is 16.3. The molecule has 2 heterocycles. The summed E-state index contributed by atoms with van der Waals surface area (Å²) in [7, 11) is -3.52. The molecule has 1 saturated heterocycles. The van der Waals surface area contributed by atoms with E-state index in [4.69, 9.17) is 0 Å². The van der Waals surface area contributed by atoms with Gasteiger partial charge in [-0.1, -0.05) is 13.8 Å². The molecular formula is C16H23N3O3S. The van der Waals surface area contributed by atoms with E-state index >= 15 is 0 Å². The summed E-state index contributed by atoms with van der Waals surface area (Å²) in [5.74, 6) is -0.0328. The van der Waals surface area contributed by atoms with Gasteiger partial charge in [-0.25, -0.2) is 8.42 Å². The first-order valence-electron chi connectivity index (χ1n) is 8.20. The number of sulfonamides is 1. The van der Waals surface area contributed by atoms with E-state index in [0.717, 1.165) is 31.5 Å². The van der Waals surface area contributed by atoms with Crippen molar-refractivity contribution < 1.29 is 13.2 Å². The maximum Gasteiger partial charge on any atom is 0.247 e. The van der Waals surface area contributed by atoms with Crippen molar-refractivity contribution in [3.63, 3.8) is 0 Å². The first-order chi connectivity index (χ1) is 11.0. The highest BCUT2D eigenvalue weighted by Crippen LogP contribution is 2.37. The fraction of sp³-hybridized carbons (Fsp3) is 0.562. The SMILES string of the molecule is CCN(CC)S(=O)(=O)c1ccc2c(c1)NC(=O)C1CCCCN21. The Morgan fingerprint density at radius 1 is 1.26 bits per heavy atom. The molecule has 7 heteroatoms. The number of benzene rings is 1. The number of anilines is 2. The average Bonchev–Trinajstić information content (AvgIpc) is 2.55. The van der Waals surface area contributed by atoms with Crippen molar-refractivity contribution in [1.29, 1.82) is 0 Å². The molecule has 2 aliphatic heterocycles. The fourth-order valence-corrected chi connectivity index (χ4v) is 4.93. The summed E-state index contributed by atoms with van der Waals surface area (Å²) in [4.78, 5) is 14.6. The number of carbonyl (C=O) groups is 1. The van der Waals surface area contributed by atoms with Gasteiger partial charge in [0, 0.05) is 19.6 Å². The van der Waals surface area contributed by atoms with Crippen LogP contribution in [0.3, 0.4) is 0 Å². The molecular weight excluding hydrogens is 314 g/mol. The summed E-state index contributed by atoms with van der Waals surface area (Å²) in [6, 6.07) is 4.94. The Labute approximate surface area is 137 Å². The van der Waals surface area contributed by atoms with E-state index in [-0.39, 0.29) is 16.8 Å². The largest absolute Gasteiger partial charge is 0.358 e. The maximum absolute atomic E-state index is 12.6. The molecule has 1 atom stereocenters. The molecule has 1 amide bonds. The van der Waals surface area contributed by atoms with Crippen LogP contribution in [0.25, 0.3) is 0 Å². The van der Waals surface area contributed by atoms with Crippen molar-refractivity contribution >= 4 is 27.3 Å². The summed E-state index contributed by atoms with van der Waals surface area (Å²) in [6.45, 7) is 5.33. The van der Waals surface area contributed by atoms with E-state index < -0.39 is 10.0 Å². The second-order valence-corrected chi connectivity index (χ2v) is 7.90. The summed E-state index contributed by atoms with van der Waals surface area (Å²) >= 11 is 0. The van der Waals surface area contributed by atoms with Crippen LogP contribution < -0.4 is 10.2 Å². The standard InChI is InChI=1S/C16H23N3O3S/c1-3-18(4-2)23(21,22)12-8-9-14-13(11-12)17-16(20)15-7-5-6-10-19(14)15/h8-9,11,15H,3-7,10H2,1-2H3,(H,17,20). The van der Waals surface area contributed by atoms with Crippen molar-refractivity contribution in [2.24, 2.45) is 0 Å². The summed E-state index contributed by atoms with van der Waals surface area (Å²) in [6.07, 6.45) is 2.96. The molecule has 0 radical (unpaired) electrons. The zero-order valence-corrected chi connectivity index (χ0v) is 14.4. The summed E-state index contributed by atoms with van der Waals surface area (Å²) in [5.41, 5.74) is 1.52. The minimum atomic E-state index is -3.52. The minimum absolute atomic E-state index is 0.0328. The quantitative estimate of drug-likeness (QED) is 0.913. The van der Waals surface area contributed by atoms with Crippen LogP contribution in [0.15, 0.2) is 23.1 Å². The lowest BCUT2D eigenvalue weighted by atomic mass is 9.97. The number of hydrogen-bond donors (Lipinski definition) is 1. The summed E-state index contributed by atoms with van der Waals surface area (Å²) < 4.78 is 26.7. The van der Waals surface area contributed by atoms with Gasteiger partial charge in [0.1, 0.15) is 6.04 Å². The second-order valence-electron chi connectivity index (χ2n) is 5.96. The van der Waals surface area contributed by atoms with Gasteiger partial charge in [0.2, 0.25) is 15.9 Å². The molecule has 0 saturated carbocycles. The number of carbonyl (C=O) groups excluding carboxylic acids is 1. The predicted molar refractivity (Wildman–Crippen MR) is 90.2 cm³/mol. The number of hydrogen-bond acceptors (Lipinski definition) is 4. The van der Waals surface area contributed by atoms with E-state index in [2.05, 4.69) is 10.2 Å². The van der Waals surface area contributed by atoms with Crippen LogP contribution in [0.1, 0.15) is 33.1 Å². The van der Waals surface area contributed by atoms with Gasteiger partial charge in [-0.3, -0.25) is 4.79 Å². The van der Waals surface area contributed by atoms with Crippen LogP contribution in [-0.2, 0) is 14.8 Å². The Bertz CT molecular complexity index is 713. The van der Waals surface area contributed by atoms with Crippen LogP contribution in [0, 0.1) is 0 Å². The second kappa shape index (κ2) is 6.13. The maximum atomic E-state index is 12.6. The number of rotatable bonds is 4. The van der Waals surface area contributed by atoms with Crippen LogP contribution in [-0.4, -0.2) is 44.3 Å². The third-order valence-corrected chi connectivity index (χ3v) is 6.73. The molecule has 6 nitrogen and oxygen atoms in total. The van der Waals surface area contributed by atoms with E-state index in [1.54, 1.807) is 12.1 Å². The van der Waals surface area contributed by atoms with E-state index in [1.165, 1.54) is 4.31 Å². The molecule has 1 aromatic carbocycles. The zero-order valence-electron chi connectivity index (χ0n) is 13.6. The molecule has 1 aromatic rings. The van der Waals surface area contributed by atoms with E-state index in [1.807, 2.05) is 19.9 Å². The number of fused-ring (bicyclic) bond motifs is 3. The monoisotopic (exact) mass is 337 g/mol. The van der Waals surface area contributed by atoms with Crippen molar-refractivity contribution in [2.45, 2.75) is 44.0 Å². The van der Waals surface area contributed by atoms with Gasteiger partial charge in [-0.05, 0) is 37.5 Å². The smallest absolute Gasteiger partial charge is 0.247 e. The molecule has 1 N–H and O–H groups in total. The predicted octanol–water partition coefficient (Wildman–Crippen LogP) is 2.03. The highest BCUT2D eigenvalue weighted by molar-refractivity contribution is 7.89. The van der Waals surface area contributed by atoms with E-state index in [0.29, 0.717) is 18.8 Å². The molecule has 0 aliphatic carbocycles. The molecule has 1 fully saturated rings. The van der Waals surface area contributed by atoms with Crippen LogP contribution >= 0.6 is 0 Å². The lowest BCUT2D eigenvalue weighted by Gasteiger charge is -2.41. The molecule has 1 unspecified atom stereocenters. The number of nitrogens with zero attached hydrogens (tertiary/aromatic N) is 2. The molecule has 0 aromatic heterocycles. The molecule has 23 heavy (non-hydrogen) atoms. The first-order valence-corrected chi connectivity index (χ1v) is 9.64. The average molecular weight is 337 g/mol. The normalized spacial score (nSPS) is 20.9. The topological polar surface area (TPSA) is 69.7 Å². The highest BCUT2D eigenvalue weighted by atomic mass is 32.2. The molecule has 126 valence electrons. The zero-order chi connectivity index (χ0) is 16.6. The van der Waals surface area contributed by atoms with Crippen LogP contribution in [0.5, 0.6) is 0 Å². The minimum Gasteiger partial charge on any atom is -0.358 e.